The van der Waals surface area contributed by atoms with Crippen LogP contribution >= 0.6 is 11.5 Å². The fourth-order valence-electron chi connectivity index (χ4n) is 1.19. The zero-order valence-electron chi connectivity index (χ0n) is 6.77. The quantitative estimate of drug-likeness (QED) is 0.778. The third-order valence-corrected chi connectivity index (χ3v) is 2.56. The van der Waals surface area contributed by atoms with Crippen molar-refractivity contribution in [3.8, 4) is 11.5 Å². The van der Waals surface area contributed by atoms with Crippen molar-refractivity contribution >= 4 is 11.5 Å². The van der Waals surface area contributed by atoms with Crippen LogP contribution in [0.5, 0.6) is 0 Å². The van der Waals surface area contributed by atoms with Crippen LogP contribution in [0.3, 0.4) is 0 Å². The summed E-state index contributed by atoms with van der Waals surface area (Å²) in [7, 11) is 0. The first kappa shape index (κ1) is 7.14. The average Bonchev–Trinajstić information content (AvgIpc) is 2.72. The summed E-state index contributed by atoms with van der Waals surface area (Å²) < 4.78 is 3.77. The van der Waals surface area contributed by atoms with Gasteiger partial charge in [-0.2, -0.15) is 5.10 Å². The number of nitrogens with one attached hydrogen (secondary N) is 1. The van der Waals surface area contributed by atoms with Gasteiger partial charge in [0.15, 0.2) is 0 Å². The molecule has 6 heteroatoms. The van der Waals surface area contributed by atoms with Gasteiger partial charge in [0.1, 0.15) is 11.5 Å². The molecule has 0 spiro atoms. The highest BCUT2D eigenvalue weighted by Crippen LogP contribution is 2.38. The normalized spacial score (nSPS) is 16.3. The zero-order chi connectivity index (χ0) is 8.67. The Morgan fingerprint density at radius 3 is 3.08 bits per heavy atom. The second-order valence-electron chi connectivity index (χ2n) is 3.11. The fourth-order valence-corrected chi connectivity index (χ4v) is 1.62. The molecule has 2 aromatic heterocycles. The molecule has 13 heavy (non-hydrogen) atoms. The largest absolute Gasteiger partial charge is 0.262 e. The second-order valence-corrected chi connectivity index (χ2v) is 3.72. The van der Waals surface area contributed by atoms with E-state index >= 15 is 0 Å². The zero-order valence-corrected chi connectivity index (χ0v) is 7.58. The van der Waals surface area contributed by atoms with E-state index in [1.54, 1.807) is 0 Å². The van der Waals surface area contributed by atoms with Crippen molar-refractivity contribution in [1.29, 1.82) is 0 Å². The van der Waals surface area contributed by atoms with E-state index in [1.807, 2.05) is 5.38 Å². The molecule has 1 saturated carbocycles. The minimum atomic E-state index is 0.604. The predicted molar refractivity (Wildman–Crippen MR) is 47.3 cm³/mol. The van der Waals surface area contributed by atoms with Gasteiger partial charge in [0.25, 0.3) is 0 Å². The number of rotatable bonds is 2. The smallest absolute Gasteiger partial charge is 0.202 e. The van der Waals surface area contributed by atoms with Crippen LogP contribution in [0.15, 0.2) is 5.38 Å². The van der Waals surface area contributed by atoms with E-state index in [0.717, 1.165) is 11.5 Å². The number of H-pyrrole nitrogens is 1. The summed E-state index contributed by atoms with van der Waals surface area (Å²) in [6.07, 6.45) is 2.45. The van der Waals surface area contributed by atoms with Crippen LogP contribution in [-0.2, 0) is 0 Å². The SMILES string of the molecule is c1snnc1-c1n[nH]c(C2CC2)n1. The highest BCUT2D eigenvalue weighted by molar-refractivity contribution is 7.03. The van der Waals surface area contributed by atoms with Crippen molar-refractivity contribution in [2.24, 2.45) is 0 Å². The van der Waals surface area contributed by atoms with Gasteiger partial charge in [-0.25, -0.2) is 4.98 Å². The number of nitrogens with zero attached hydrogens (tertiary/aromatic N) is 4. The van der Waals surface area contributed by atoms with Crippen LogP contribution in [0.1, 0.15) is 24.6 Å². The Morgan fingerprint density at radius 1 is 1.46 bits per heavy atom. The highest BCUT2D eigenvalue weighted by Gasteiger charge is 2.27. The maximum Gasteiger partial charge on any atom is 0.202 e. The molecule has 1 aliphatic rings. The van der Waals surface area contributed by atoms with Crippen molar-refractivity contribution in [3.63, 3.8) is 0 Å². The van der Waals surface area contributed by atoms with E-state index in [-0.39, 0.29) is 0 Å². The van der Waals surface area contributed by atoms with Crippen LogP contribution in [0.25, 0.3) is 11.5 Å². The Morgan fingerprint density at radius 2 is 2.38 bits per heavy atom. The molecule has 66 valence electrons. The number of aromatic nitrogens is 5. The van der Waals surface area contributed by atoms with Gasteiger partial charge in [-0.15, -0.1) is 5.10 Å². The minimum absolute atomic E-state index is 0.604. The maximum absolute atomic E-state index is 4.35. The first-order valence-electron chi connectivity index (χ1n) is 4.13. The molecule has 1 fully saturated rings. The predicted octanol–water partition coefficient (Wildman–Crippen LogP) is 1.20. The lowest BCUT2D eigenvalue weighted by molar-refractivity contribution is 0.934. The molecule has 2 heterocycles. The van der Waals surface area contributed by atoms with E-state index in [1.165, 1.54) is 24.4 Å². The summed E-state index contributed by atoms with van der Waals surface area (Å²) >= 11 is 1.31. The molecule has 3 rings (SSSR count). The molecule has 0 aliphatic heterocycles. The van der Waals surface area contributed by atoms with Crippen molar-refractivity contribution in [3.05, 3.63) is 11.2 Å². The molecule has 1 aliphatic carbocycles. The highest BCUT2D eigenvalue weighted by atomic mass is 32.1. The molecule has 2 aromatic rings. The molecule has 0 atom stereocenters. The van der Waals surface area contributed by atoms with Crippen molar-refractivity contribution in [1.82, 2.24) is 24.8 Å². The van der Waals surface area contributed by atoms with Crippen molar-refractivity contribution in [2.75, 3.05) is 0 Å². The number of hydrogen-bond donors (Lipinski definition) is 1. The molecule has 5 nitrogen and oxygen atoms in total. The van der Waals surface area contributed by atoms with Gasteiger partial charge in [0.2, 0.25) is 5.82 Å². The first-order chi connectivity index (χ1) is 6.43. The van der Waals surface area contributed by atoms with Crippen LogP contribution in [0.4, 0.5) is 0 Å². The first-order valence-corrected chi connectivity index (χ1v) is 4.97. The van der Waals surface area contributed by atoms with Crippen molar-refractivity contribution in [2.45, 2.75) is 18.8 Å². The van der Waals surface area contributed by atoms with E-state index in [0.29, 0.717) is 11.7 Å². The minimum Gasteiger partial charge on any atom is -0.262 e. The molecule has 0 radical (unpaired) electrons. The standard InChI is InChI=1S/C7H7N5S/c1-2-4(1)6-8-7(11-10-6)5-3-13-12-9-5/h3-4H,1-2H2,(H,8,10,11). The maximum atomic E-state index is 4.35. The molecule has 0 saturated heterocycles. The monoisotopic (exact) mass is 193 g/mol. The Labute approximate surface area is 78.4 Å². The Bertz CT molecular complexity index is 402. The third kappa shape index (κ3) is 1.23. The topological polar surface area (TPSA) is 67.3 Å². The lowest BCUT2D eigenvalue weighted by atomic mass is 10.4. The summed E-state index contributed by atoms with van der Waals surface area (Å²) in [5.74, 6) is 2.26. The van der Waals surface area contributed by atoms with Gasteiger partial charge >= 0.3 is 0 Å². The Kier molecular flexibility index (Phi) is 1.42. The number of aromatic amines is 1. The summed E-state index contributed by atoms with van der Waals surface area (Å²) in [5, 5.41) is 12.8. The van der Waals surface area contributed by atoms with E-state index in [4.69, 9.17) is 0 Å². The van der Waals surface area contributed by atoms with Gasteiger partial charge in [-0.3, -0.25) is 5.10 Å². The molecule has 0 amide bonds. The summed E-state index contributed by atoms with van der Waals surface area (Å²) in [6.45, 7) is 0. The average molecular weight is 193 g/mol. The lowest BCUT2D eigenvalue weighted by Crippen LogP contribution is -1.82. The lowest BCUT2D eigenvalue weighted by Gasteiger charge is -1.83. The summed E-state index contributed by atoms with van der Waals surface area (Å²) in [5.41, 5.74) is 0.758. The van der Waals surface area contributed by atoms with Gasteiger partial charge in [-0.05, 0) is 24.4 Å². The van der Waals surface area contributed by atoms with Crippen LogP contribution in [0, 0.1) is 0 Å². The van der Waals surface area contributed by atoms with Crippen LogP contribution < -0.4 is 0 Å². The van der Waals surface area contributed by atoms with E-state index in [2.05, 4.69) is 24.8 Å². The third-order valence-electron chi connectivity index (χ3n) is 2.06. The van der Waals surface area contributed by atoms with Gasteiger partial charge in [0.05, 0.1) is 0 Å². The molecular weight excluding hydrogens is 186 g/mol. The molecule has 0 unspecified atom stereocenters. The molecule has 0 bridgehead atoms. The summed E-state index contributed by atoms with van der Waals surface area (Å²) in [4.78, 5) is 4.35. The van der Waals surface area contributed by atoms with Crippen LogP contribution in [-0.4, -0.2) is 24.8 Å². The fraction of sp³-hybridized carbons (Fsp3) is 0.429. The molecular formula is C7H7N5S. The van der Waals surface area contributed by atoms with Gasteiger partial charge < -0.3 is 0 Å². The summed E-state index contributed by atoms with van der Waals surface area (Å²) in [6, 6.07) is 0. The van der Waals surface area contributed by atoms with E-state index in [9.17, 15) is 0 Å². The Hall–Kier alpha value is -1.30. The van der Waals surface area contributed by atoms with Gasteiger partial charge in [-0.1, -0.05) is 4.49 Å². The second kappa shape index (κ2) is 2.59. The van der Waals surface area contributed by atoms with E-state index < -0.39 is 0 Å². The van der Waals surface area contributed by atoms with Gasteiger partial charge in [0, 0.05) is 11.3 Å². The molecule has 1 N–H and O–H groups in total. The molecule has 0 aromatic carbocycles. The van der Waals surface area contributed by atoms with Crippen molar-refractivity contribution < 1.29 is 0 Å². The Balaban J connectivity index is 1.97. The van der Waals surface area contributed by atoms with Crippen LogP contribution in [0.2, 0.25) is 0 Å². The number of hydrogen-bond acceptors (Lipinski definition) is 5.